The topological polar surface area (TPSA) is 12.9 Å². The SMILES string of the molecule is Clc1ccnc(CCCCCCc2ccccc2)c1. The fraction of sp³-hybridized carbons (Fsp3) is 0.353. The standard InChI is InChI=1S/C17H20ClN/c18-16-12-13-19-17(14-16)11-7-2-1-4-8-15-9-5-3-6-10-15/h3,5-6,9-10,12-14H,1-2,4,7-8,11H2. The molecule has 0 saturated heterocycles. The summed E-state index contributed by atoms with van der Waals surface area (Å²) in [4.78, 5) is 4.32. The summed E-state index contributed by atoms with van der Waals surface area (Å²) in [6.07, 6.45) is 9.03. The fourth-order valence-corrected chi connectivity index (χ4v) is 2.40. The van der Waals surface area contributed by atoms with Crippen molar-refractivity contribution in [3.05, 3.63) is 64.9 Å². The van der Waals surface area contributed by atoms with E-state index in [0.29, 0.717) is 0 Å². The third-order valence-corrected chi connectivity index (χ3v) is 3.50. The normalized spacial score (nSPS) is 10.6. The van der Waals surface area contributed by atoms with Crippen LogP contribution in [0.25, 0.3) is 0 Å². The zero-order valence-electron chi connectivity index (χ0n) is 11.2. The van der Waals surface area contributed by atoms with Gasteiger partial charge in [0.2, 0.25) is 0 Å². The predicted molar refractivity (Wildman–Crippen MR) is 81.6 cm³/mol. The highest BCUT2D eigenvalue weighted by atomic mass is 35.5. The molecule has 0 unspecified atom stereocenters. The van der Waals surface area contributed by atoms with E-state index in [0.717, 1.165) is 17.1 Å². The Balaban J connectivity index is 1.58. The molecule has 0 fully saturated rings. The largest absolute Gasteiger partial charge is 0.261 e. The molecule has 2 rings (SSSR count). The molecular weight excluding hydrogens is 254 g/mol. The Labute approximate surface area is 120 Å². The average Bonchev–Trinajstić information content (AvgIpc) is 2.44. The van der Waals surface area contributed by atoms with Crippen LogP contribution in [0, 0.1) is 0 Å². The van der Waals surface area contributed by atoms with Crippen molar-refractivity contribution in [2.24, 2.45) is 0 Å². The first-order chi connectivity index (χ1) is 9.34. The van der Waals surface area contributed by atoms with Crippen molar-refractivity contribution in [3.8, 4) is 0 Å². The molecule has 19 heavy (non-hydrogen) atoms. The maximum Gasteiger partial charge on any atom is 0.0439 e. The quantitative estimate of drug-likeness (QED) is 0.641. The number of hydrogen-bond acceptors (Lipinski definition) is 1. The van der Waals surface area contributed by atoms with E-state index >= 15 is 0 Å². The van der Waals surface area contributed by atoms with E-state index in [4.69, 9.17) is 11.6 Å². The van der Waals surface area contributed by atoms with Crippen LogP contribution >= 0.6 is 11.6 Å². The smallest absolute Gasteiger partial charge is 0.0439 e. The zero-order chi connectivity index (χ0) is 13.3. The highest BCUT2D eigenvalue weighted by Gasteiger charge is 1.97. The molecule has 1 aromatic carbocycles. The Morgan fingerprint density at radius 1 is 0.842 bits per heavy atom. The first-order valence-electron chi connectivity index (χ1n) is 6.99. The van der Waals surface area contributed by atoms with Crippen LogP contribution in [0.3, 0.4) is 0 Å². The molecule has 2 aromatic rings. The van der Waals surface area contributed by atoms with Gasteiger partial charge in [0, 0.05) is 16.9 Å². The van der Waals surface area contributed by atoms with Crippen LogP contribution in [-0.4, -0.2) is 4.98 Å². The summed E-state index contributed by atoms with van der Waals surface area (Å²) in [6.45, 7) is 0. The molecule has 2 heteroatoms. The van der Waals surface area contributed by atoms with Gasteiger partial charge >= 0.3 is 0 Å². The Bertz CT molecular complexity index is 482. The van der Waals surface area contributed by atoms with Gasteiger partial charge in [-0.1, -0.05) is 54.8 Å². The van der Waals surface area contributed by atoms with Gasteiger partial charge in [0.1, 0.15) is 0 Å². The van der Waals surface area contributed by atoms with Gasteiger partial charge in [-0.2, -0.15) is 0 Å². The number of aromatic nitrogens is 1. The number of aryl methyl sites for hydroxylation is 2. The number of hydrogen-bond donors (Lipinski definition) is 0. The molecule has 0 saturated carbocycles. The van der Waals surface area contributed by atoms with Gasteiger partial charge in [0.15, 0.2) is 0 Å². The van der Waals surface area contributed by atoms with Crippen LogP contribution in [0.2, 0.25) is 5.02 Å². The second-order valence-corrected chi connectivity index (χ2v) is 5.30. The van der Waals surface area contributed by atoms with Crippen molar-refractivity contribution < 1.29 is 0 Å². The average molecular weight is 274 g/mol. The number of pyridine rings is 1. The Kier molecular flexibility index (Phi) is 5.90. The Morgan fingerprint density at radius 2 is 1.58 bits per heavy atom. The first-order valence-corrected chi connectivity index (χ1v) is 7.37. The lowest BCUT2D eigenvalue weighted by Crippen LogP contribution is -1.90. The van der Waals surface area contributed by atoms with E-state index in [1.54, 1.807) is 6.20 Å². The third kappa shape index (κ3) is 5.44. The lowest BCUT2D eigenvalue weighted by Gasteiger charge is -2.03. The summed E-state index contributed by atoms with van der Waals surface area (Å²) in [5.74, 6) is 0. The first kappa shape index (κ1) is 14.1. The number of rotatable bonds is 7. The summed E-state index contributed by atoms with van der Waals surface area (Å²) in [5, 5.41) is 0.786. The molecule has 0 bridgehead atoms. The summed E-state index contributed by atoms with van der Waals surface area (Å²) >= 11 is 5.94. The second kappa shape index (κ2) is 7.96. The predicted octanol–water partition coefficient (Wildman–Crippen LogP) is 5.08. The monoisotopic (exact) mass is 273 g/mol. The van der Waals surface area contributed by atoms with Crippen molar-refractivity contribution in [1.29, 1.82) is 0 Å². The molecular formula is C17H20ClN. The van der Waals surface area contributed by atoms with Gasteiger partial charge in [0.05, 0.1) is 0 Å². The molecule has 0 aliphatic heterocycles. The van der Waals surface area contributed by atoms with E-state index in [-0.39, 0.29) is 0 Å². The van der Waals surface area contributed by atoms with E-state index in [9.17, 15) is 0 Å². The van der Waals surface area contributed by atoms with E-state index in [2.05, 4.69) is 35.3 Å². The van der Waals surface area contributed by atoms with Crippen molar-refractivity contribution in [2.75, 3.05) is 0 Å². The maximum atomic E-state index is 5.94. The van der Waals surface area contributed by atoms with Gasteiger partial charge in [-0.25, -0.2) is 0 Å². The van der Waals surface area contributed by atoms with Crippen molar-refractivity contribution in [3.63, 3.8) is 0 Å². The van der Waals surface area contributed by atoms with Crippen LogP contribution in [-0.2, 0) is 12.8 Å². The fourth-order valence-electron chi connectivity index (χ4n) is 2.22. The summed E-state index contributed by atoms with van der Waals surface area (Å²) in [7, 11) is 0. The summed E-state index contributed by atoms with van der Waals surface area (Å²) in [5.41, 5.74) is 2.55. The van der Waals surface area contributed by atoms with Gasteiger partial charge in [-0.3, -0.25) is 4.98 Å². The van der Waals surface area contributed by atoms with Gasteiger partial charge in [0.25, 0.3) is 0 Å². The number of benzene rings is 1. The van der Waals surface area contributed by atoms with Crippen LogP contribution in [0.1, 0.15) is 36.9 Å². The van der Waals surface area contributed by atoms with Crippen molar-refractivity contribution in [1.82, 2.24) is 4.98 Å². The van der Waals surface area contributed by atoms with Gasteiger partial charge < -0.3 is 0 Å². The van der Waals surface area contributed by atoms with E-state index < -0.39 is 0 Å². The number of halogens is 1. The molecule has 0 aliphatic rings. The minimum Gasteiger partial charge on any atom is -0.261 e. The van der Waals surface area contributed by atoms with E-state index in [1.807, 2.05) is 12.1 Å². The Hall–Kier alpha value is -1.34. The molecule has 1 aromatic heterocycles. The van der Waals surface area contributed by atoms with Gasteiger partial charge in [-0.05, 0) is 43.4 Å². The minimum atomic E-state index is 0.786. The van der Waals surface area contributed by atoms with Crippen LogP contribution < -0.4 is 0 Å². The molecule has 0 N–H and O–H groups in total. The minimum absolute atomic E-state index is 0.786. The molecule has 0 amide bonds. The molecule has 0 spiro atoms. The molecule has 1 nitrogen and oxygen atoms in total. The van der Waals surface area contributed by atoms with Crippen molar-refractivity contribution >= 4 is 11.6 Å². The maximum absolute atomic E-state index is 5.94. The van der Waals surface area contributed by atoms with Crippen molar-refractivity contribution in [2.45, 2.75) is 38.5 Å². The highest BCUT2D eigenvalue weighted by Crippen LogP contribution is 2.12. The number of nitrogens with zero attached hydrogens (tertiary/aromatic N) is 1. The van der Waals surface area contributed by atoms with Gasteiger partial charge in [-0.15, -0.1) is 0 Å². The molecule has 0 aliphatic carbocycles. The third-order valence-electron chi connectivity index (χ3n) is 3.27. The van der Waals surface area contributed by atoms with Crippen LogP contribution in [0.15, 0.2) is 48.7 Å². The Morgan fingerprint density at radius 3 is 2.32 bits per heavy atom. The van der Waals surface area contributed by atoms with Crippen LogP contribution in [0.5, 0.6) is 0 Å². The zero-order valence-corrected chi connectivity index (χ0v) is 11.9. The molecule has 100 valence electrons. The highest BCUT2D eigenvalue weighted by molar-refractivity contribution is 6.30. The van der Waals surface area contributed by atoms with E-state index in [1.165, 1.54) is 37.7 Å². The summed E-state index contributed by atoms with van der Waals surface area (Å²) in [6, 6.07) is 14.5. The lowest BCUT2D eigenvalue weighted by atomic mass is 10.0. The molecule has 0 radical (unpaired) electrons. The van der Waals surface area contributed by atoms with Crippen LogP contribution in [0.4, 0.5) is 0 Å². The molecule has 0 atom stereocenters. The second-order valence-electron chi connectivity index (χ2n) is 4.87. The molecule has 1 heterocycles. The number of unbranched alkanes of at least 4 members (excludes halogenated alkanes) is 3. The lowest BCUT2D eigenvalue weighted by molar-refractivity contribution is 0.636. The summed E-state index contributed by atoms with van der Waals surface area (Å²) < 4.78 is 0.